The molecule has 3 aromatic rings. The van der Waals surface area contributed by atoms with E-state index >= 15 is 0 Å². The molecule has 36 heavy (non-hydrogen) atoms. The van der Waals surface area contributed by atoms with Crippen LogP contribution in [0.4, 0.5) is 5.69 Å². The number of pyridine rings is 1. The van der Waals surface area contributed by atoms with Crippen molar-refractivity contribution in [1.29, 1.82) is 0 Å². The zero-order valence-electron chi connectivity index (χ0n) is 21.1. The van der Waals surface area contributed by atoms with Crippen LogP contribution in [0.2, 0.25) is 0 Å². The lowest BCUT2D eigenvalue weighted by atomic mass is 10.1. The van der Waals surface area contributed by atoms with Gasteiger partial charge in [0.15, 0.2) is 0 Å². The van der Waals surface area contributed by atoms with Gasteiger partial charge in [0, 0.05) is 63.3 Å². The number of amides is 2. The third-order valence-corrected chi connectivity index (χ3v) is 7.39. The Kier molecular flexibility index (Phi) is 7.13. The second-order valence-electron chi connectivity index (χ2n) is 9.96. The van der Waals surface area contributed by atoms with Gasteiger partial charge in [-0.3, -0.25) is 24.2 Å². The summed E-state index contributed by atoms with van der Waals surface area (Å²) in [6.45, 7) is 6.29. The third-order valence-electron chi connectivity index (χ3n) is 7.39. The molecule has 0 aliphatic carbocycles. The Balaban J connectivity index is 1.49. The maximum absolute atomic E-state index is 13.6. The summed E-state index contributed by atoms with van der Waals surface area (Å²) in [5, 5.41) is 4.34. The van der Waals surface area contributed by atoms with Crippen LogP contribution in [-0.2, 0) is 29.2 Å². The number of nitrogens with zero attached hydrogens (tertiary/aromatic N) is 6. The number of anilines is 1. The Morgan fingerprint density at radius 1 is 1.03 bits per heavy atom. The van der Waals surface area contributed by atoms with Gasteiger partial charge in [-0.05, 0) is 55.5 Å². The van der Waals surface area contributed by atoms with Crippen LogP contribution in [0, 0.1) is 6.92 Å². The monoisotopic (exact) mass is 486 g/mol. The fourth-order valence-electron chi connectivity index (χ4n) is 5.60. The number of hydrogen-bond donors (Lipinski definition) is 0. The van der Waals surface area contributed by atoms with E-state index in [1.165, 1.54) is 0 Å². The Morgan fingerprint density at radius 3 is 2.58 bits per heavy atom. The largest absolute Gasteiger partial charge is 0.335 e. The minimum Gasteiger partial charge on any atom is -0.335 e. The summed E-state index contributed by atoms with van der Waals surface area (Å²) >= 11 is 0. The molecule has 0 N–H and O–H groups in total. The van der Waals surface area contributed by atoms with Crippen LogP contribution in [0.1, 0.15) is 43.0 Å². The number of fused-ring (bicyclic) bond motifs is 3. The first-order valence-electron chi connectivity index (χ1n) is 12.8. The first-order chi connectivity index (χ1) is 17.5. The van der Waals surface area contributed by atoms with Crippen molar-refractivity contribution in [3.8, 4) is 0 Å². The Hall–Kier alpha value is -3.52. The molecule has 8 nitrogen and oxygen atoms in total. The molecule has 1 fully saturated rings. The van der Waals surface area contributed by atoms with Crippen molar-refractivity contribution in [3.05, 3.63) is 77.9 Å². The van der Waals surface area contributed by atoms with Crippen LogP contribution in [0.5, 0.6) is 0 Å². The van der Waals surface area contributed by atoms with Crippen LogP contribution in [0.15, 0.2) is 61.1 Å². The Morgan fingerprint density at radius 2 is 1.83 bits per heavy atom. The van der Waals surface area contributed by atoms with Gasteiger partial charge in [0.1, 0.15) is 6.54 Å². The quantitative estimate of drug-likeness (QED) is 0.565. The van der Waals surface area contributed by atoms with E-state index in [9.17, 15) is 9.59 Å². The highest BCUT2D eigenvalue weighted by Gasteiger charge is 2.36. The van der Waals surface area contributed by atoms with Crippen molar-refractivity contribution in [1.82, 2.24) is 24.6 Å². The zero-order valence-corrected chi connectivity index (χ0v) is 21.1. The lowest BCUT2D eigenvalue weighted by Gasteiger charge is -2.33. The number of aryl methyl sites for hydroxylation is 1. The predicted molar refractivity (Wildman–Crippen MR) is 138 cm³/mol. The molecule has 0 spiro atoms. The van der Waals surface area contributed by atoms with Gasteiger partial charge in [-0.15, -0.1) is 0 Å². The number of carbonyl (C=O) groups excluding carboxylic acids is 2. The summed E-state index contributed by atoms with van der Waals surface area (Å²) in [6, 6.07) is 14.6. The topological polar surface area (TPSA) is 74.6 Å². The maximum atomic E-state index is 13.6. The lowest BCUT2D eigenvalue weighted by Crippen LogP contribution is -2.45. The normalized spacial score (nSPS) is 20.6. The molecular formula is C28H34N6O2. The number of para-hydroxylation sites is 1. The average molecular weight is 487 g/mol. The minimum absolute atomic E-state index is 0.0254. The van der Waals surface area contributed by atoms with Crippen LogP contribution < -0.4 is 4.90 Å². The van der Waals surface area contributed by atoms with Crippen molar-refractivity contribution < 1.29 is 9.59 Å². The molecular weight excluding hydrogens is 452 g/mol. The molecule has 2 amide bonds. The third kappa shape index (κ3) is 5.33. The minimum atomic E-state index is 0.0254. The van der Waals surface area contributed by atoms with E-state index < -0.39 is 0 Å². The maximum Gasteiger partial charge on any atom is 0.244 e. The molecule has 5 rings (SSSR count). The number of rotatable bonds is 4. The van der Waals surface area contributed by atoms with Gasteiger partial charge in [-0.25, -0.2) is 0 Å². The van der Waals surface area contributed by atoms with E-state index in [0.29, 0.717) is 25.7 Å². The Bertz CT molecular complexity index is 1210. The fraction of sp³-hybridized carbons (Fsp3) is 0.429. The van der Waals surface area contributed by atoms with E-state index in [1.54, 1.807) is 17.8 Å². The van der Waals surface area contributed by atoms with E-state index in [-0.39, 0.29) is 24.4 Å². The van der Waals surface area contributed by atoms with Gasteiger partial charge < -0.3 is 9.80 Å². The second-order valence-corrected chi connectivity index (χ2v) is 9.96. The van der Waals surface area contributed by atoms with Crippen LogP contribution in [0.3, 0.4) is 0 Å². The van der Waals surface area contributed by atoms with Crippen LogP contribution in [-0.4, -0.2) is 61.6 Å². The first kappa shape index (κ1) is 24.2. The molecule has 2 aliphatic heterocycles. The van der Waals surface area contributed by atoms with E-state index in [1.807, 2.05) is 65.5 Å². The van der Waals surface area contributed by atoms with Gasteiger partial charge in [-0.2, -0.15) is 5.10 Å². The number of carbonyl (C=O) groups is 2. The van der Waals surface area contributed by atoms with E-state index in [4.69, 9.17) is 0 Å². The summed E-state index contributed by atoms with van der Waals surface area (Å²) in [5.74, 6) is 0.0557. The molecule has 4 heterocycles. The standard InChI is InChI=1S/C28H34N6O2/c1-21-15-30-32(16-21)20-28(36)31-17-23-7-3-4-9-27(23)33(22(2)35)14-12-25-10-11-26(19-31)34(25)18-24-8-5-6-13-29-24/h3-9,13,15-16,25-26H,10-12,14,17-20H2,1-2H3/t25-,26+/m0/s1. The molecule has 188 valence electrons. The summed E-state index contributed by atoms with van der Waals surface area (Å²) in [5.41, 5.74) is 3.95. The van der Waals surface area contributed by atoms with Crippen molar-refractivity contribution in [2.45, 2.75) is 64.8 Å². The predicted octanol–water partition coefficient (Wildman–Crippen LogP) is 3.41. The molecule has 1 aromatic carbocycles. The van der Waals surface area contributed by atoms with Crippen molar-refractivity contribution in [2.75, 3.05) is 18.0 Å². The molecule has 0 radical (unpaired) electrons. The van der Waals surface area contributed by atoms with Crippen molar-refractivity contribution >= 4 is 17.5 Å². The number of benzene rings is 1. The van der Waals surface area contributed by atoms with Crippen LogP contribution >= 0.6 is 0 Å². The van der Waals surface area contributed by atoms with Gasteiger partial charge >= 0.3 is 0 Å². The summed E-state index contributed by atoms with van der Waals surface area (Å²) in [6.07, 6.45) is 8.46. The molecule has 2 aromatic heterocycles. The van der Waals surface area contributed by atoms with Gasteiger partial charge in [-0.1, -0.05) is 24.3 Å². The lowest BCUT2D eigenvalue weighted by molar-refractivity contribution is -0.133. The van der Waals surface area contributed by atoms with Crippen molar-refractivity contribution in [3.63, 3.8) is 0 Å². The summed E-state index contributed by atoms with van der Waals surface area (Å²) in [7, 11) is 0. The molecule has 1 saturated heterocycles. The highest BCUT2D eigenvalue weighted by Crippen LogP contribution is 2.32. The zero-order chi connectivity index (χ0) is 25.1. The highest BCUT2D eigenvalue weighted by atomic mass is 16.2. The van der Waals surface area contributed by atoms with Crippen LogP contribution in [0.25, 0.3) is 0 Å². The van der Waals surface area contributed by atoms with Gasteiger partial charge in [0.05, 0.1) is 11.9 Å². The Labute approximate surface area is 212 Å². The van der Waals surface area contributed by atoms with Gasteiger partial charge in [0.2, 0.25) is 11.8 Å². The molecule has 2 aliphatic rings. The fourth-order valence-corrected chi connectivity index (χ4v) is 5.60. The second kappa shape index (κ2) is 10.6. The number of aromatic nitrogens is 3. The first-order valence-corrected chi connectivity index (χ1v) is 12.8. The smallest absolute Gasteiger partial charge is 0.244 e. The molecule has 8 heteroatoms. The molecule has 0 saturated carbocycles. The summed E-state index contributed by atoms with van der Waals surface area (Å²) < 4.78 is 1.71. The highest BCUT2D eigenvalue weighted by molar-refractivity contribution is 5.92. The SMILES string of the molecule is CC(=O)N1CC[C@@H]2CC[C@H](CN(C(=O)Cn3cc(C)cn3)Cc3ccccc31)N2Cc1ccccn1. The summed E-state index contributed by atoms with van der Waals surface area (Å²) in [4.78, 5) is 37.3. The van der Waals surface area contributed by atoms with Gasteiger partial charge in [0.25, 0.3) is 0 Å². The van der Waals surface area contributed by atoms with Crippen molar-refractivity contribution in [2.24, 2.45) is 0 Å². The number of hydrogen-bond acceptors (Lipinski definition) is 5. The molecule has 2 bridgehead atoms. The average Bonchev–Trinajstić information content (AvgIpc) is 3.44. The van der Waals surface area contributed by atoms with E-state index in [0.717, 1.165) is 48.3 Å². The van der Waals surface area contributed by atoms with E-state index in [2.05, 4.69) is 21.0 Å². The molecule has 0 unspecified atom stereocenters. The molecule has 2 atom stereocenters.